The summed E-state index contributed by atoms with van der Waals surface area (Å²) in [5.74, 6) is 0.198. The van der Waals surface area contributed by atoms with E-state index in [4.69, 9.17) is 14.2 Å². The van der Waals surface area contributed by atoms with Crippen LogP contribution in [0.25, 0.3) is 22.5 Å². The fraction of sp³-hybridized carbons (Fsp3) is 0.528. The van der Waals surface area contributed by atoms with E-state index in [1.165, 1.54) is 4.68 Å². The summed E-state index contributed by atoms with van der Waals surface area (Å²) in [7, 11) is 0. The van der Waals surface area contributed by atoms with Gasteiger partial charge in [0.25, 0.3) is 0 Å². The zero-order valence-corrected chi connectivity index (χ0v) is 28.5. The highest BCUT2D eigenvalue weighted by molar-refractivity contribution is 6.01. The van der Waals surface area contributed by atoms with Gasteiger partial charge >= 0.3 is 0 Å². The molecule has 0 saturated carbocycles. The minimum absolute atomic E-state index is 0.00712. The Morgan fingerprint density at radius 1 is 0.875 bits per heavy atom. The first-order chi connectivity index (χ1) is 23.2. The average Bonchev–Trinajstić information content (AvgIpc) is 3.50. The minimum Gasteiger partial charge on any atom is -0.379 e. The van der Waals surface area contributed by atoms with E-state index in [9.17, 15) is 19.5 Å². The Morgan fingerprint density at radius 3 is 2.40 bits per heavy atom. The molecule has 260 valence electrons. The number of ketones is 1. The van der Waals surface area contributed by atoms with E-state index in [0.717, 1.165) is 17.5 Å². The fourth-order valence-electron chi connectivity index (χ4n) is 5.38. The normalized spacial score (nSPS) is 13.0. The molecule has 2 aromatic carbocycles. The number of aromatic nitrogens is 3. The smallest absolute Gasteiger partial charge is 0.227 e. The number of benzene rings is 2. The molecule has 3 aromatic rings. The van der Waals surface area contributed by atoms with E-state index < -0.39 is 6.23 Å². The van der Waals surface area contributed by atoms with Gasteiger partial charge in [-0.2, -0.15) is 0 Å². The maximum atomic E-state index is 13.8. The number of para-hydroxylation sites is 1. The molecule has 0 aliphatic carbocycles. The van der Waals surface area contributed by atoms with Crippen molar-refractivity contribution >= 4 is 23.3 Å². The molecule has 4 rings (SSSR count). The predicted octanol–water partition coefficient (Wildman–Crippen LogP) is 4.70. The van der Waals surface area contributed by atoms with E-state index in [2.05, 4.69) is 29.5 Å². The fourth-order valence-corrected chi connectivity index (χ4v) is 5.38. The molecule has 1 aliphatic rings. The highest BCUT2D eigenvalue weighted by atomic mass is 16.5. The number of aliphatic hydroxyl groups is 1. The zero-order chi connectivity index (χ0) is 34.5. The zero-order valence-electron chi connectivity index (χ0n) is 28.5. The number of fused-ring (bicyclic) bond motifs is 5. The highest BCUT2D eigenvalue weighted by Crippen LogP contribution is 2.42. The lowest BCUT2D eigenvalue weighted by molar-refractivity contribution is -0.125. The molecule has 2 amide bonds. The average molecular weight is 664 g/mol. The summed E-state index contributed by atoms with van der Waals surface area (Å²) in [5.41, 5.74) is 4.10. The van der Waals surface area contributed by atoms with Crippen LogP contribution in [0.15, 0.2) is 48.5 Å². The number of carbonyl (C=O) groups excluding carboxylic acids is 3. The van der Waals surface area contributed by atoms with Gasteiger partial charge in [0, 0.05) is 43.4 Å². The van der Waals surface area contributed by atoms with Crippen LogP contribution in [0.2, 0.25) is 0 Å². The van der Waals surface area contributed by atoms with Crippen LogP contribution >= 0.6 is 0 Å². The molecule has 0 fully saturated rings. The topological polar surface area (TPSA) is 145 Å². The Labute approximate surface area is 282 Å². The van der Waals surface area contributed by atoms with Gasteiger partial charge in [0.05, 0.1) is 51.4 Å². The molecular weight excluding hydrogens is 614 g/mol. The number of hydrogen-bond acceptors (Lipinski definition) is 9. The van der Waals surface area contributed by atoms with Crippen molar-refractivity contribution in [1.29, 1.82) is 0 Å². The van der Waals surface area contributed by atoms with Crippen LogP contribution in [0.4, 0.5) is 5.69 Å². The van der Waals surface area contributed by atoms with Crippen molar-refractivity contribution < 1.29 is 33.7 Å². The summed E-state index contributed by atoms with van der Waals surface area (Å²) in [5, 5.41) is 22.8. The van der Waals surface area contributed by atoms with Gasteiger partial charge in [-0.25, -0.2) is 4.68 Å². The summed E-state index contributed by atoms with van der Waals surface area (Å²) in [6.07, 6.45) is 0.752. The van der Waals surface area contributed by atoms with E-state index in [1.807, 2.05) is 62.4 Å². The number of amides is 2. The largest absolute Gasteiger partial charge is 0.379 e. The molecule has 0 bridgehead atoms. The first-order valence-electron chi connectivity index (χ1n) is 16.8. The SMILES string of the molecule is CC(C)CCC(=O)CCOCCNC(=O)CCC(=O)N1Cc2ccccc2-c2nnn(C(O)COCCOC(C)C)c2-c2ccccc21. The molecule has 2 heterocycles. The second kappa shape index (κ2) is 18.5. The first kappa shape index (κ1) is 36.9. The summed E-state index contributed by atoms with van der Waals surface area (Å²) in [6, 6.07) is 15.1. The van der Waals surface area contributed by atoms with Gasteiger partial charge in [0.2, 0.25) is 11.8 Å². The molecule has 12 heteroatoms. The number of anilines is 1. The number of Topliss-reactive ketones (excluding diaryl/α,β-unsaturated/α-hetero) is 1. The predicted molar refractivity (Wildman–Crippen MR) is 182 cm³/mol. The number of carbonyl (C=O) groups is 3. The molecule has 1 aliphatic heterocycles. The highest BCUT2D eigenvalue weighted by Gasteiger charge is 2.30. The number of hydrogen-bond donors (Lipinski definition) is 2. The number of aliphatic hydroxyl groups excluding tert-OH is 1. The van der Waals surface area contributed by atoms with Crippen LogP contribution in [0, 0.1) is 5.92 Å². The van der Waals surface area contributed by atoms with Crippen molar-refractivity contribution in [1.82, 2.24) is 20.3 Å². The molecule has 1 aromatic heterocycles. The van der Waals surface area contributed by atoms with Gasteiger partial charge < -0.3 is 29.5 Å². The Bertz CT molecular complexity index is 1510. The van der Waals surface area contributed by atoms with Crippen LogP contribution in [0.3, 0.4) is 0 Å². The summed E-state index contributed by atoms with van der Waals surface area (Å²) in [6.45, 7) is 9.94. The number of nitrogens with one attached hydrogen (secondary N) is 1. The van der Waals surface area contributed by atoms with E-state index in [-0.39, 0.29) is 49.7 Å². The molecule has 1 unspecified atom stereocenters. The lowest BCUT2D eigenvalue weighted by Crippen LogP contribution is -2.34. The molecule has 1 atom stereocenters. The first-order valence-corrected chi connectivity index (χ1v) is 16.8. The van der Waals surface area contributed by atoms with Crippen LogP contribution in [0.5, 0.6) is 0 Å². The second-order valence-corrected chi connectivity index (χ2v) is 12.5. The maximum absolute atomic E-state index is 13.8. The van der Waals surface area contributed by atoms with Gasteiger partial charge in [0.1, 0.15) is 17.2 Å². The summed E-state index contributed by atoms with van der Waals surface area (Å²) < 4.78 is 18.1. The Hall–Kier alpha value is -3.97. The van der Waals surface area contributed by atoms with Gasteiger partial charge in [0.15, 0.2) is 6.23 Å². The van der Waals surface area contributed by atoms with Crippen molar-refractivity contribution in [3.8, 4) is 22.5 Å². The molecule has 0 saturated heterocycles. The number of rotatable bonds is 19. The van der Waals surface area contributed by atoms with Crippen LogP contribution in [-0.2, 0) is 35.1 Å². The Morgan fingerprint density at radius 2 is 1.62 bits per heavy atom. The van der Waals surface area contributed by atoms with Gasteiger partial charge in [-0.05, 0) is 37.8 Å². The van der Waals surface area contributed by atoms with Crippen LogP contribution < -0.4 is 10.2 Å². The lowest BCUT2D eigenvalue weighted by atomic mass is 9.95. The van der Waals surface area contributed by atoms with Crippen LogP contribution in [0.1, 0.15) is 71.6 Å². The monoisotopic (exact) mass is 663 g/mol. The van der Waals surface area contributed by atoms with Gasteiger partial charge in [-0.15, -0.1) is 5.10 Å². The van der Waals surface area contributed by atoms with Crippen molar-refractivity contribution in [2.45, 2.75) is 78.7 Å². The molecule has 2 N–H and O–H groups in total. The third-order valence-corrected chi connectivity index (χ3v) is 7.93. The van der Waals surface area contributed by atoms with E-state index in [1.54, 1.807) is 4.90 Å². The van der Waals surface area contributed by atoms with E-state index >= 15 is 0 Å². The van der Waals surface area contributed by atoms with E-state index in [0.29, 0.717) is 74.4 Å². The van der Waals surface area contributed by atoms with Gasteiger partial charge in [-0.3, -0.25) is 14.4 Å². The summed E-state index contributed by atoms with van der Waals surface area (Å²) in [4.78, 5) is 40.0. The Kier molecular flexibility index (Phi) is 14.2. The lowest BCUT2D eigenvalue weighted by Gasteiger charge is -2.29. The Balaban J connectivity index is 1.41. The van der Waals surface area contributed by atoms with Gasteiger partial charge in [-0.1, -0.05) is 61.5 Å². The van der Waals surface area contributed by atoms with Crippen molar-refractivity contribution in [3.63, 3.8) is 0 Å². The minimum atomic E-state index is -1.14. The molecule has 0 radical (unpaired) electrons. The second-order valence-electron chi connectivity index (χ2n) is 12.5. The van der Waals surface area contributed by atoms with Crippen molar-refractivity contribution in [3.05, 3.63) is 54.1 Å². The van der Waals surface area contributed by atoms with Crippen molar-refractivity contribution in [2.75, 3.05) is 44.5 Å². The number of nitrogens with zero attached hydrogens (tertiary/aromatic N) is 4. The molecule has 48 heavy (non-hydrogen) atoms. The standard InChI is InChI=1S/C36H49N5O7/c1-25(2)13-14-28(42)17-19-46-20-18-37-32(43)15-16-33(44)40-23-27-9-5-6-10-29(27)35-36(30-11-7-8-12-31(30)40)41(39-38-35)34(45)24-47-21-22-48-26(3)4/h5-12,25-26,34,45H,13-24H2,1-4H3,(H,37,43). The summed E-state index contributed by atoms with van der Waals surface area (Å²) >= 11 is 0. The molecule has 0 spiro atoms. The quantitative estimate of drug-likeness (QED) is 0.174. The molecular formula is C36H49N5O7. The third-order valence-electron chi connectivity index (χ3n) is 7.93. The maximum Gasteiger partial charge on any atom is 0.227 e. The van der Waals surface area contributed by atoms with Crippen LogP contribution in [-0.4, -0.2) is 83.4 Å². The third kappa shape index (κ3) is 10.5. The van der Waals surface area contributed by atoms with Crippen molar-refractivity contribution in [2.24, 2.45) is 5.92 Å². The molecule has 12 nitrogen and oxygen atoms in total. The number of ether oxygens (including phenoxy) is 3.